The Morgan fingerprint density at radius 3 is 2.68 bits per heavy atom. The van der Waals surface area contributed by atoms with Gasteiger partial charge in [-0.2, -0.15) is 4.99 Å². The fourth-order valence-electron chi connectivity index (χ4n) is 2.34. The highest BCUT2D eigenvalue weighted by molar-refractivity contribution is 7.91. The average Bonchev–Trinajstić information content (AvgIpc) is 2.81. The van der Waals surface area contributed by atoms with E-state index < -0.39 is 9.84 Å². The predicted molar refractivity (Wildman–Crippen MR) is 66.8 cm³/mol. The standard InChI is InChI=1S/C12H14N2O3S.HI/c15-18(16)7-10-11(8-18)17-12(14-10)13-6-9-4-2-1-3-5-9;/h1-5,10-11H,6-8H2,(H,13,14);1H/t10-,11-;/m0./s1. The minimum atomic E-state index is -2.91. The van der Waals surface area contributed by atoms with Crippen LogP contribution in [0.1, 0.15) is 5.56 Å². The van der Waals surface area contributed by atoms with Crippen molar-refractivity contribution in [2.24, 2.45) is 4.99 Å². The van der Waals surface area contributed by atoms with Gasteiger partial charge in [-0.25, -0.2) is 8.42 Å². The third kappa shape index (κ3) is 3.46. The van der Waals surface area contributed by atoms with Crippen LogP contribution < -0.4 is 29.3 Å². The van der Waals surface area contributed by atoms with Crippen LogP contribution in [-0.4, -0.2) is 38.1 Å². The second kappa shape index (κ2) is 5.76. The fraction of sp³-hybridized carbons (Fsp3) is 0.417. The molecule has 2 aliphatic rings. The van der Waals surface area contributed by atoms with Gasteiger partial charge in [0.15, 0.2) is 15.9 Å². The topological polar surface area (TPSA) is 72.3 Å². The fourth-order valence-corrected chi connectivity index (χ4v) is 4.19. The van der Waals surface area contributed by atoms with Gasteiger partial charge in [0.05, 0.1) is 12.3 Å². The molecule has 0 aromatic heterocycles. The van der Waals surface area contributed by atoms with E-state index in [1.54, 1.807) is 0 Å². The molecule has 1 aromatic rings. The summed E-state index contributed by atoms with van der Waals surface area (Å²) in [6.07, 6.45) is -0.218. The molecule has 0 bridgehead atoms. The molecule has 0 aliphatic carbocycles. The van der Waals surface area contributed by atoms with Crippen molar-refractivity contribution < 1.29 is 42.4 Å². The summed E-state index contributed by atoms with van der Waals surface area (Å²) in [7, 11) is -2.91. The first-order valence-corrected chi connectivity index (χ1v) is 7.75. The molecule has 0 spiro atoms. The summed E-state index contributed by atoms with van der Waals surface area (Å²) in [6.45, 7) is 0.568. The summed E-state index contributed by atoms with van der Waals surface area (Å²) in [5, 5.41) is 1.85. The maximum absolute atomic E-state index is 11.4. The van der Waals surface area contributed by atoms with E-state index in [0.717, 1.165) is 5.56 Å². The quantitative estimate of drug-likeness (QED) is 0.525. The SMILES string of the molecule is O=S1(=O)C[C@@H]2[NH2+]C(=NCc3ccccc3)O[C@H]2C1.[I-]. The first kappa shape index (κ1) is 14.7. The van der Waals surface area contributed by atoms with Crippen LogP contribution in [0.2, 0.25) is 0 Å². The zero-order valence-corrected chi connectivity index (χ0v) is 13.2. The first-order chi connectivity index (χ1) is 8.62. The van der Waals surface area contributed by atoms with E-state index >= 15 is 0 Å². The lowest BCUT2D eigenvalue weighted by Gasteiger charge is -1.99. The number of benzene rings is 1. The number of rotatable bonds is 2. The van der Waals surface area contributed by atoms with Crippen molar-refractivity contribution in [3.05, 3.63) is 35.9 Å². The summed E-state index contributed by atoms with van der Waals surface area (Å²) < 4.78 is 28.3. The summed E-state index contributed by atoms with van der Waals surface area (Å²) in [5.41, 5.74) is 1.12. The van der Waals surface area contributed by atoms with Gasteiger partial charge in [-0.3, -0.25) is 5.32 Å². The summed E-state index contributed by atoms with van der Waals surface area (Å²) in [4.78, 5) is 4.37. The van der Waals surface area contributed by atoms with Crippen LogP contribution in [0, 0.1) is 0 Å². The van der Waals surface area contributed by atoms with E-state index in [1.165, 1.54) is 0 Å². The molecule has 3 rings (SSSR count). The van der Waals surface area contributed by atoms with Gasteiger partial charge in [0, 0.05) is 0 Å². The van der Waals surface area contributed by atoms with Gasteiger partial charge in [-0.15, -0.1) is 0 Å². The number of nitrogens with zero attached hydrogens (tertiary/aromatic N) is 1. The predicted octanol–water partition coefficient (Wildman–Crippen LogP) is -3.69. The maximum Gasteiger partial charge on any atom is 0.391 e. The van der Waals surface area contributed by atoms with Crippen LogP contribution in [0.5, 0.6) is 0 Å². The van der Waals surface area contributed by atoms with Crippen LogP contribution in [0.25, 0.3) is 0 Å². The van der Waals surface area contributed by atoms with Crippen molar-refractivity contribution in [1.29, 1.82) is 0 Å². The second-order valence-corrected chi connectivity index (χ2v) is 6.86. The molecule has 2 fully saturated rings. The lowest BCUT2D eigenvalue weighted by Crippen LogP contribution is -3.00. The third-order valence-electron chi connectivity index (χ3n) is 3.23. The van der Waals surface area contributed by atoms with Crippen LogP contribution >= 0.6 is 0 Å². The zero-order valence-electron chi connectivity index (χ0n) is 10.2. The lowest BCUT2D eigenvalue weighted by atomic mass is 10.2. The number of hydrogen-bond donors (Lipinski definition) is 1. The van der Waals surface area contributed by atoms with Gasteiger partial charge < -0.3 is 28.7 Å². The van der Waals surface area contributed by atoms with Crippen LogP contribution in [0.4, 0.5) is 0 Å². The smallest absolute Gasteiger partial charge is 0.391 e. The van der Waals surface area contributed by atoms with Gasteiger partial charge in [-0.05, 0) is 5.56 Å². The number of ether oxygens (including phenoxy) is 1. The molecule has 2 atom stereocenters. The van der Waals surface area contributed by atoms with Gasteiger partial charge >= 0.3 is 6.02 Å². The molecule has 2 saturated heterocycles. The Kier molecular flexibility index (Phi) is 4.46. The minimum absolute atomic E-state index is 0. The lowest BCUT2D eigenvalue weighted by molar-refractivity contribution is -0.565. The summed E-state index contributed by atoms with van der Waals surface area (Å²) in [6, 6.07) is 10.5. The molecule has 0 unspecified atom stereocenters. The van der Waals surface area contributed by atoms with E-state index in [-0.39, 0.29) is 47.6 Å². The molecule has 7 heteroatoms. The number of nitrogens with two attached hydrogens (primary N) is 1. The largest absolute Gasteiger partial charge is 1.00 e. The van der Waals surface area contributed by atoms with Crippen molar-refractivity contribution in [1.82, 2.24) is 0 Å². The molecule has 5 nitrogen and oxygen atoms in total. The maximum atomic E-state index is 11.4. The monoisotopic (exact) mass is 394 g/mol. The molecule has 104 valence electrons. The Balaban J connectivity index is 0.00000133. The number of aliphatic imine (C=N–C) groups is 1. The van der Waals surface area contributed by atoms with E-state index in [1.807, 2.05) is 35.6 Å². The Morgan fingerprint density at radius 1 is 1.26 bits per heavy atom. The van der Waals surface area contributed by atoms with Gasteiger partial charge in [-0.1, -0.05) is 30.3 Å². The van der Waals surface area contributed by atoms with E-state index in [0.29, 0.717) is 12.6 Å². The van der Waals surface area contributed by atoms with Crippen molar-refractivity contribution >= 4 is 15.9 Å². The van der Waals surface area contributed by atoms with E-state index in [9.17, 15) is 8.42 Å². The molecule has 19 heavy (non-hydrogen) atoms. The highest BCUT2D eigenvalue weighted by atomic mass is 127. The number of amidine groups is 1. The van der Waals surface area contributed by atoms with Gasteiger partial charge in [0.1, 0.15) is 11.8 Å². The van der Waals surface area contributed by atoms with Crippen LogP contribution in [0.15, 0.2) is 35.3 Å². The highest BCUT2D eigenvalue weighted by Gasteiger charge is 2.48. The van der Waals surface area contributed by atoms with Crippen molar-refractivity contribution in [3.63, 3.8) is 0 Å². The van der Waals surface area contributed by atoms with Crippen molar-refractivity contribution in [2.45, 2.75) is 18.7 Å². The second-order valence-electron chi connectivity index (χ2n) is 4.70. The summed E-state index contributed by atoms with van der Waals surface area (Å²) in [5.74, 6) is 0.320. The third-order valence-corrected chi connectivity index (χ3v) is 4.96. The van der Waals surface area contributed by atoms with E-state index in [2.05, 4.69) is 4.99 Å². The molecule has 2 heterocycles. The molecular formula is C12H15IN2O3S. The van der Waals surface area contributed by atoms with Crippen molar-refractivity contribution in [2.75, 3.05) is 11.5 Å². The Hall–Kier alpha value is -0.670. The first-order valence-electron chi connectivity index (χ1n) is 5.93. The molecular weight excluding hydrogens is 379 g/mol. The number of sulfone groups is 1. The van der Waals surface area contributed by atoms with Gasteiger partial charge in [0.25, 0.3) is 0 Å². The molecule has 0 saturated carbocycles. The number of hydrogen-bond acceptors (Lipinski definition) is 4. The Labute approximate surface area is 129 Å². The van der Waals surface area contributed by atoms with Gasteiger partial charge in [0.2, 0.25) is 0 Å². The zero-order chi connectivity index (χ0) is 12.6. The normalized spacial score (nSPS) is 29.6. The summed E-state index contributed by atoms with van der Waals surface area (Å²) >= 11 is 0. The minimum Gasteiger partial charge on any atom is -1.00 e. The van der Waals surface area contributed by atoms with Crippen LogP contribution in [0.3, 0.4) is 0 Å². The molecule has 0 amide bonds. The molecule has 0 radical (unpaired) electrons. The highest BCUT2D eigenvalue weighted by Crippen LogP contribution is 2.16. The number of fused-ring (bicyclic) bond motifs is 1. The van der Waals surface area contributed by atoms with E-state index in [4.69, 9.17) is 4.74 Å². The Bertz CT molecular complexity index is 552. The number of halogens is 1. The Morgan fingerprint density at radius 2 is 2.00 bits per heavy atom. The number of quaternary nitrogens is 1. The van der Waals surface area contributed by atoms with Crippen molar-refractivity contribution in [3.8, 4) is 0 Å². The average molecular weight is 394 g/mol. The molecule has 2 aliphatic heterocycles. The van der Waals surface area contributed by atoms with Crippen LogP contribution in [-0.2, 0) is 21.1 Å². The molecule has 1 aromatic carbocycles. The molecule has 2 N–H and O–H groups in total.